The quantitative estimate of drug-likeness (QED) is 0.627. The summed E-state index contributed by atoms with van der Waals surface area (Å²) in [5.41, 5.74) is 2.69. The number of carbonyl (C=O) groups excluding carboxylic acids is 1. The van der Waals surface area contributed by atoms with Crippen LogP contribution in [0.4, 0.5) is 5.69 Å². The predicted octanol–water partition coefficient (Wildman–Crippen LogP) is 4.08. The summed E-state index contributed by atoms with van der Waals surface area (Å²) in [6.45, 7) is 2.92. The summed E-state index contributed by atoms with van der Waals surface area (Å²) in [7, 11) is 0. The second-order valence-electron chi connectivity index (χ2n) is 4.28. The van der Waals surface area contributed by atoms with Gasteiger partial charge in [0, 0.05) is 15.8 Å². The number of nitrogens with one attached hydrogen (secondary N) is 1. The van der Waals surface area contributed by atoms with Crippen LogP contribution in [0.1, 0.15) is 22.8 Å². The first kappa shape index (κ1) is 14.8. The van der Waals surface area contributed by atoms with Crippen molar-refractivity contribution >= 4 is 34.2 Å². The van der Waals surface area contributed by atoms with Gasteiger partial charge in [-0.15, -0.1) is 0 Å². The summed E-state index contributed by atoms with van der Waals surface area (Å²) in [6.07, 6.45) is 0. The summed E-state index contributed by atoms with van der Waals surface area (Å²) in [5, 5.41) is 3.31. The van der Waals surface area contributed by atoms with Gasteiger partial charge in [-0.05, 0) is 65.4 Å². The van der Waals surface area contributed by atoms with Crippen molar-refractivity contribution < 1.29 is 9.53 Å². The molecule has 0 fully saturated rings. The zero-order valence-corrected chi connectivity index (χ0v) is 13.4. The molecule has 0 saturated heterocycles. The van der Waals surface area contributed by atoms with Crippen molar-refractivity contribution in [2.75, 3.05) is 11.9 Å². The van der Waals surface area contributed by atoms with Crippen molar-refractivity contribution in [3.05, 3.63) is 63.2 Å². The second-order valence-corrected chi connectivity index (χ2v) is 5.53. The number of ether oxygens (including phenoxy) is 1. The summed E-state index contributed by atoms with van der Waals surface area (Å²) in [4.78, 5) is 11.7. The molecule has 104 valence electrons. The first-order valence-electron chi connectivity index (χ1n) is 6.44. The molecule has 0 atom stereocenters. The lowest BCUT2D eigenvalue weighted by Crippen LogP contribution is -2.06. The van der Waals surface area contributed by atoms with Gasteiger partial charge in [-0.1, -0.05) is 18.2 Å². The van der Waals surface area contributed by atoms with E-state index in [4.69, 9.17) is 4.74 Å². The Morgan fingerprint density at radius 1 is 1.20 bits per heavy atom. The van der Waals surface area contributed by atoms with E-state index in [2.05, 4.69) is 46.1 Å². The summed E-state index contributed by atoms with van der Waals surface area (Å²) in [5.74, 6) is -0.287. The first-order valence-corrected chi connectivity index (χ1v) is 7.52. The number of hydrogen-bond acceptors (Lipinski definition) is 3. The molecular formula is C16H16INO2. The van der Waals surface area contributed by atoms with Gasteiger partial charge in [-0.25, -0.2) is 4.79 Å². The van der Waals surface area contributed by atoms with Crippen molar-refractivity contribution in [2.45, 2.75) is 13.5 Å². The topological polar surface area (TPSA) is 38.3 Å². The standard InChI is InChI=1S/C16H16INO2/c1-2-20-16(19)13-6-4-8-15(10-13)18-11-12-5-3-7-14(17)9-12/h3-10,18H,2,11H2,1H3. The van der Waals surface area contributed by atoms with Crippen molar-refractivity contribution in [1.82, 2.24) is 0 Å². The lowest BCUT2D eigenvalue weighted by molar-refractivity contribution is 0.0526. The van der Waals surface area contributed by atoms with Crippen LogP contribution >= 0.6 is 22.6 Å². The van der Waals surface area contributed by atoms with Gasteiger partial charge in [0.25, 0.3) is 0 Å². The van der Waals surface area contributed by atoms with E-state index in [1.54, 1.807) is 13.0 Å². The number of anilines is 1. The minimum Gasteiger partial charge on any atom is -0.462 e. The maximum atomic E-state index is 11.7. The van der Waals surface area contributed by atoms with Crippen LogP contribution in [-0.4, -0.2) is 12.6 Å². The van der Waals surface area contributed by atoms with E-state index in [0.29, 0.717) is 12.2 Å². The minimum atomic E-state index is -0.287. The monoisotopic (exact) mass is 381 g/mol. The first-order chi connectivity index (χ1) is 9.69. The maximum Gasteiger partial charge on any atom is 0.338 e. The minimum absolute atomic E-state index is 0.287. The molecule has 2 aromatic rings. The van der Waals surface area contributed by atoms with Crippen molar-refractivity contribution in [1.29, 1.82) is 0 Å². The van der Waals surface area contributed by atoms with Gasteiger partial charge in [0.1, 0.15) is 0 Å². The van der Waals surface area contributed by atoms with E-state index >= 15 is 0 Å². The fourth-order valence-electron chi connectivity index (χ4n) is 1.82. The number of halogens is 1. The van der Waals surface area contributed by atoms with Crippen LogP contribution in [0.5, 0.6) is 0 Å². The summed E-state index contributed by atoms with van der Waals surface area (Å²) in [6, 6.07) is 15.7. The van der Waals surface area contributed by atoms with Gasteiger partial charge >= 0.3 is 5.97 Å². The molecule has 0 unspecified atom stereocenters. The zero-order chi connectivity index (χ0) is 14.4. The number of rotatable bonds is 5. The predicted molar refractivity (Wildman–Crippen MR) is 88.9 cm³/mol. The van der Waals surface area contributed by atoms with Crippen LogP contribution in [0.15, 0.2) is 48.5 Å². The molecular weight excluding hydrogens is 365 g/mol. The number of carbonyl (C=O) groups is 1. The van der Waals surface area contributed by atoms with E-state index in [1.165, 1.54) is 9.13 Å². The molecule has 4 heteroatoms. The van der Waals surface area contributed by atoms with Crippen LogP contribution in [0.2, 0.25) is 0 Å². The molecule has 0 saturated carbocycles. The highest BCUT2D eigenvalue weighted by Crippen LogP contribution is 2.14. The van der Waals surface area contributed by atoms with E-state index in [0.717, 1.165) is 12.2 Å². The Morgan fingerprint density at radius 2 is 2.00 bits per heavy atom. The van der Waals surface area contributed by atoms with Crippen molar-refractivity contribution in [3.8, 4) is 0 Å². The van der Waals surface area contributed by atoms with Gasteiger partial charge in [0.15, 0.2) is 0 Å². The average Bonchev–Trinajstić information content (AvgIpc) is 2.46. The average molecular weight is 381 g/mol. The zero-order valence-electron chi connectivity index (χ0n) is 11.2. The van der Waals surface area contributed by atoms with Crippen LogP contribution in [0.25, 0.3) is 0 Å². The van der Waals surface area contributed by atoms with E-state index in [9.17, 15) is 4.79 Å². The fourth-order valence-corrected chi connectivity index (χ4v) is 2.43. The molecule has 0 aliphatic rings. The SMILES string of the molecule is CCOC(=O)c1cccc(NCc2cccc(I)c2)c1. The third-order valence-corrected chi connectivity index (χ3v) is 3.43. The third-order valence-electron chi connectivity index (χ3n) is 2.76. The Kier molecular flexibility index (Phi) is 5.40. The van der Waals surface area contributed by atoms with E-state index < -0.39 is 0 Å². The Balaban J connectivity index is 2.03. The van der Waals surface area contributed by atoms with Crippen LogP contribution in [0, 0.1) is 3.57 Å². The molecule has 1 N–H and O–H groups in total. The van der Waals surface area contributed by atoms with Crippen LogP contribution < -0.4 is 5.32 Å². The molecule has 0 bridgehead atoms. The molecule has 0 amide bonds. The fraction of sp³-hybridized carbons (Fsp3) is 0.188. The van der Waals surface area contributed by atoms with Crippen molar-refractivity contribution in [3.63, 3.8) is 0 Å². The highest BCUT2D eigenvalue weighted by atomic mass is 127. The summed E-state index contributed by atoms with van der Waals surface area (Å²) < 4.78 is 6.20. The molecule has 0 aliphatic heterocycles. The normalized spacial score (nSPS) is 10.1. The Morgan fingerprint density at radius 3 is 2.75 bits per heavy atom. The lowest BCUT2D eigenvalue weighted by Gasteiger charge is -2.08. The molecule has 0 aliphatic carbocycles. The molecule has 2 aromatic carbocycles. The van der Waals surface area contributed by atoms with Gasteiger partial charge in [0.05, 0.1) is 12.2 Å². The Hall–Kier alpha value is -1.56. The maximum absolute atomic E-state index is 11.7. The highest BCUT2D eigenvalue weighted by molar-refractivity contribution is 14.1. The third kappa shape index (κ3) is 4.23. The second kappa shape index (κ2) is 7.28. The molecule has 0 heterocycles. The molecule has 2 rings (SSSR count). The Labute approximate surface area is 132 Å². The van der Waals surface area contributed by atoms with Crippen LogP contribution in [0.3, 0.4) is 0 Å². The molecule has 0 aromatic heterocycles. The van der Waals surface area contributed by atoms with Crippen molar-refractivity contribution in [2.24, 2.45) is 0 Å². The van der Waals surface area contributed by atoms with Gasteiger partial charge < -0.3 is 10.1 Å². The number of benzene rings is 2. The molecule has 0 radical (unpaired) electrons. The molecule has 20 heavy (non-hydrogen) atoms. The van der Waals surface area contributed by atoms with Gasteiger partial charge in [-0.2, -0.15) is 0 Å². The highest BCUT2D eigenvalue weighted by Gasteiger charge is 2.06. The lowest BCUT2D eigenvalue weighted by atomic mass is 10.2. The smallest absolute Gasteiger partial charge is 0.338 e. The number of esters is 1. The van der Waals surface area contributed by atoms with E-state index in [-0.39, 0.29) is 5.97 Å². The van der Waals surface area contributed by atoms with Crippen LogP contribution in [-0.2, 0) is 11.3 Å². The summed E-state index contributed by atoms with van der Waals surface area (Å²) >= 11 is 2.29. The van der Waals surface area contributed by atoms with Gasteiger partial charge in [-0.3, -0.25) is 0 Å². The molecule has 3 nitrogen and oxygen atoms in total. The van der Waals surface area contributed by atoms with Gasteiger partial charge in [0.2, 0.25) is 0 Å². The largest absolute Gasteiger partial charge is 0.462 e. The number of hydrogen-bond donors (Lipinski definition) is 1. The molecule has 0 spiro atoms. The Bertz CT molecular complexity index is 599. The van der Waals surface area contributed by atoms with E-state index in [1.807, 2.05) is 24.3 Å².